The minimum absolute atomic E-state index is 0.00238. The van der Waals surface area contributed by atoms with Gasteiger partial charge >= 0.3 is 6.18 Å². The summed E-state index contributed by atoms with van der Waals surface area (Å²) in [5.41, 5.74) is 5.65. The van der Waals surface area contributed by atoms with Crippen molar-refractivity contribution in [2.45, 2.75) is 38.4 Å². The Labute approximate surface area is 122 Å². The van der Waals surface area contributed by atoms with E-state index in [1.807, 2.05) is 6.92 Å². The van der Waals surface area contributed by atoms with Crippen LogP contribution in [-0.4, -0.2) is 59.1 Å². The normalized spacial score (nSPS) is 18.9. The first-order chi connectivity index (χ1) is 9.24. The zero-order valence-corrected chi connectivity index (χ0v) is 12.3. The van der Waals surface area contributed by atoms with Gasteiger partial charge in [0.05, 0.1) is 17.5 Å². The van der Waals surface area contributed by atoms with Gasteiger partial charge < -0.3 is 10.6 Å². The van der Waals surface area contributed by atoms with Crippen LogP contribution in [0.1, 0.15) is 26.2 Å². The van der Waals surface area contributed by atoms with Crippen molar-refractivity contribution in [2.75, 3.05) is 26.2 Å². The molecule has 0 aromatic heterocycles. The summed E-state index contributed by atoms with van der Waals surface area (Å²) in [5, 5.41) is 0. The molecule has 116 valence electrons. The van der Waals surface area contributed by atoms with Gasteiger partial charge in [0.15, 0.2) is 0 Å². The quantitative estimate of drug-likeness (QED) is 0.783. The molecule has 1 heterocycles. The molecule has 0 bridgehead atoms. The number of nitrogens with two attached hydrogens (primary N) is 1. The van der Waals surface area contributed by atoms with E-state index in [4.69, 9.17) is 18.0 Å². The van der Waals surface area contributed by atoms with Gasteiger partial charge in [-0.25, -0.2) is 0 Å². The first-order valence-corrected chi connectivity index (χ1v) is 7.03. The maximum absolute atomic E-state index is 12.1. The topological polar surface area (TPSA) is 49.6 Å². The molecular weight excluding hydrogens is 291 g/mol. The summed E-state index contributed by atoms with van der Waals surface area (Å²) in [5.74, 6) is -0.439. The molecule has 1 unspecified atom stereocenters. The van der Waals surface area contributed by atoms with Gasteiger partial charge in [-0.15, -0.1) is 0 Å². The van der Waals surface area contributed by atoms with Crippen LogP contribution >= 0.6 is 12.2 Å². The summed E-state index contributed by atoms with van der Waals surface area (Å²) in [6, 6.07) is -0.00238. The maximum Gasteiger partial charge on any atom is 0.389 e. The van der Waals surface area contributed by atoms with E-state index in [1.165, 1.54) is 4.90 Å². The van der Waals surface area contributed by atoms with Crippen molar-refractivity contribution in [3.63, 3.8) is 0 Å². The number of alkyl halides is 3. The summed E-state index contributed by atoms with van der Waals surface area (Å²) in [6.07, 6.45) is -5.03. The molecule has 4 nitrogen and oxygen atoms in total. The Morgan fingerprint density at radius 2 is 1.85 bits per heavy atom. The Morgan fingerprint density at radius 1 is 1.30 bits per heavy atom. The van der Waals surface area contributed by atoms with Crippen molar-refractivity contribution in [1.82, 2.24) is 9.80 Å². The molecule has 1 aliphatic heterocycles. The summed E-state index contributed by atoms with van der Waals surface area (Å²) >= 11 is 4.99. The molecule has 1 fully saturated rings. The van der Waals surface area contributed by atoms with Crippen LogP contribution in [-0.2, 0) is 4.79 Å². The Kier molecular flexibility index (Phi) is 6.19. The highest BCUT2D eigenvalue weighted by molar-refractivity contribution is 7.80. The van der Waals surface area contributed by atoms with Gasteiger partial charge in [0.2, 0.25) is 5.91 Å². The first-order valence-electron chi connectivity index (χ1n) is 6.62. The third-order valence-electron chi connectivity index (χ3n) is 3.45. The number of halogens is 3. The average molecular weight is 311 g/mol. The lowest BCUT2D eigenvalue weighted by atomic mass is 10.1. The maximum atomic E-state index is 12.1. The minimum Gasteiger partial charge on any atom is -0.392 e. The number of carbonyl (C=O) groups excluding carboxylic acids is 1. The van der Waals surface area contributed by atoms with Gasteiger partial charge in [-0.2, -0.15) is 13.2 Å². The number of hydrogen-bond acceptors (Lipinski definition) is 3. The van der Waals surface area contributed by atoms with Crippen LogP contribution in [0.4, 0.5) is 13.2 Å². The van der Waals surface area contributed by atoms with Crippen molar-refractivity contribution in [3.8, 4) is 0 Å². The third-order valence-corrected chi connectivity index (χ3v) is 3.72. The standard InChI is InChI=1S/C12H20F3N3OS/c1-2-9(11(16)20)17-5-7-18(8-6-17)10(19)3-4-12(13,14)15/h9H,2-8H2,1H3,(H2,16,20). The second kappa shape index (κ2) is 7.21. The fourth-order valence-electron chi connectivity index (χ4n) is 2.33. The molecule has 1 saturated heterocycles. The predicted molar refractivity (Wildman–Crippen MR) is 74.3 cm³/mol. The van der Waals surface area contributed by atoms with Crippen molar-refractivity contribution in [1.29, 1.82) is 0 Å². The number of nitrogens with zero attached hydrogens (tertiary/aromatic N) is 2. The van der Waals surface area contributed by atoms with Crippen LogP contribution in [0.3, 0.4) is 0 Å². The largest absolute Gasteiger partial charge is 0.392 e. The summed E-state index contributed by atoms with van der Waals surface area (Å²) in [6.45, 7) is 4.01. The third kappa shape index (κ3) is 5.24. The Balaban J connectivity index is 2.42. The minimum atomic E-state index is -4.28. The number of piperazine rings is 1. The fraction of sp³-hybridized carbons (Fsp3) is 0.833. The van der Waals surface area contributed by atoms with Crippen molar-refractivity contribution < 1.29 is 18.0 Å². The van der Waals surface area contributed by atoms with E-state index < -0.39 is 24.9 Å². The second-order valence-corrected chi connectivity index (χ2v) is 5.33. The predicted octanol–water partition coefficient (Wildman–Crippen LogP) is 1.54. The lowest BCUT2D eigenvalue weighted by Crippen LogP contribution is -2.54. The zero-order chi connectivity index (χ0) is 15.3. The van der Waals surface area contributed by atoms with Crippen molar-refractivity contribution in [2.24, 2.45) is 5.73 Å². The Bertz CT molecular complexity index is 354. The van der Waals surface area contributed by atoms with Crippen LogP contribution in [0.25, 0.3) is 0 Å². The van der Waals surface area contributed by atoms with Crippen LogP contribution in [0, 0.1) is 0 Å². The van der Waals surface area contributed by atoms with Gasteiger partial charge in [-0.1, -0.05) is 19.1 Å². The van der Waals surface area contributed by atoms with Gasteiger partial charge in [-0.3, -0.25) is 9.69 Å². The number of rotatable bonds is 5. The summed E-state index contributed by atoms with van der Waals surface area (Å²) in [4.78, 5) is 15.7. The van der Waals surface area contributed by atoms with Gasteiger partial charge in [0, 0.05) is 32.6 Å². The first kappa shape index (κ1) is 17.2. The van der Waals surface area contributed by atoms with E-state index in [0.717, 1.165) is 6.42 Å². The van der Waals surface area contributed by atoms with Gasteiger partial charge in [0.25, 0.3) is 0 Å². The lowest BCUT2D eigenvalue weighted by Gasteiger charge is -2.38. The number of amides is 1. The van der Waals surface area contributed by atoms with E-state index in [9.17, 15) is 18.0 Å². The van der Waals surface area contributed by atoms with E-state index >= 15 is 0 Å². The average Bonchev–Trinajstić information content (AvgIpc) is 2.36. The zero-order valence-electron chi connectivity index (χ0n) is 11.4. The number of hydrogen-bond donors (Lipinski definition) is 1. The highest BCUT2D eigenvalue weighted by Gasteiger charge is 2.31. The summed E-state index contributed by atoms with van der Waals surface area (Å²) < 4.78 is 36.2. The molecule has 2 N–H and O–H groups in total. The van der Waals surface area contributed by atoms with Crippen LogP contribution in [0.2, 0.25) is 0 Å². The Morgan fingerprint density at radius 3 is 2.25 bits per heavy atom. The highest BCUT2D eigenvalue weighted by Crippen LogP contribution is 2.22. The van der Waals surface area contributed by atoms with Crippen LogP contribution < -0.4 is 5.73 Å². The van der Waals surface area contributed by atoms with Gasteiger partial charge in [-0.05, 0) is 6.42 Å². The second-order valence-electron chi connectivity index (χ2n) is 4.86. The van der Waals surface area contributed by atoms with E-state index in [-0.39, 0.29) is 6.04 Å². The van der Waals surface area contributed by atoms with Gasteiger partial charge in [0.1, 0.15) is 0 Å². The smallest absolute Gasteiger partial charge is 0.389 e. The molecule has 1 rings (SSSR count). The lowest BCUT2D eigenvalue weighted by molar-refractivity contribution is -0.150. The fourth-order valence-corrected chi connectivity index (χ4v) is 2.64. The molecule has 0 aromatic rings. The molecule has 0 aromatic carbocycles. The van der Waals surface area contributed by atoms with Crippen molar-refractivity contribution in [3.05, 3.63) is 0 Å². The Hall–Kier alpha value is -0.890. The molecule has 1 amide bonds. The highest BCUT2D eigenvalue weighted by atomic mass is 32.1. The van der Waals surface area contributed by atoms with Crippen LogP contribution in [0.5, 0.6) is 0 Å². The SMILES string of the molecule is CCC(C(N)=S)N1CCN(C(=O)CCC(F)(F)F)CC1. The molecular formula is C12H20F3N3OS. The molecule has 20 heavy (non-hydrogen) atoms. The molecule has 1 aliphatic rings. The van der Waals surface area contributed by atoms with E-state index in [0.29, 0.717) is 31.2 Å². The monoisotopic (exact) mass is 311 g/mol. The van der Waals surface area contributed by atoms with Crippen LogP contribution in [0.15, 0.2) is 0 Å². The van der Waals surface area contributed by atoms with Crippen molar-refractivity contribution >= 4 is 23.1 Å². The molecule has 8 heteroatoms. The number of thiocarbonyl (C=S) groups is 1. The molecule has 0 aliphatic carbocycles. The molecule has 0 radical (unpaired) electrons. The number of carbonyl (C=O) groups is 1. The molecule has 0 saturated carbocycles. The van der Waals surface area contributed by atoms with E-state index in [1.54, 1.807) is 0 Å². The summed E-state index contributed by atoms with van der Waals surface area (Å²) in [7, 11) is 0. The van der Waals surface area contributed by atoms with E-state index in [2.05, 4.69) is 4.90 Å². The molecule has 0 spiro atoms. The molecule has 1 atom stereocenters.